The van der Waals surface area contributed by atoms with Crippen LogP contribution in [-0.2, 0) is 12.8 Å². The van der Waals surface area contributed by atoms with Crippen molar-refractivity contribution >= 4 is 22.1 Å². The Morgan fingerprint density at radius 3 is 2.36 bits per heavy atom. The smallest absolute Gasteiger partial charge is 0.0775 e. The molecule has 1 nitrogen and oxygen atoms in total. The molecule has 1 aliphatic rings. The molecule has 2 unspecified atom stereocenters. The zero-order valence-electron chi connectivity index (χ0n) is 16.4. The third-order valence-electron chi connectivity index (χ3n) is 5.57. The van der Waals surface area contributed by atoms with Crippen LogP contribution in [-0.4, -0.2) is 23.4 Å². The largest absolute Gasteiger partial charge is 0.310 e. The van der Waals surface area contributed by atoms with Gasteiger partial charge < -0.3 is 5.32 Å². The summed E-state index contributed by atoms with van der Waals surface area (Å²) in [7, 11) is -1.61. The molecule has 1 N–H and O–H groups in total. The molecule has 0 aliphatic carbocycles. The molecule has 0 bridgehead atoms. The average molecular weight is 367 g/mol. The van der Waals surface area contributed by atoms with Crippen LogP contribution in [0.25, 0.3) is 0 Å². The molecule has 25 heavy (non-hydrogen) atoms. The van der Waals surface area contributed by atoms with Crippen molar-refractivity contribution in [2.75, 3.05) is 6.54 Å². The number of hydrogen-bond donors (Lipinski definition) is 1. The van der Waals surface area contributed by atoms with Crippen molar-refractivity contribution < 1.29 is 0 Å². The van der Waals surface area contributed by atoms with E-state index in [0.717, 1.165) is 12.1 Å². The van der Waals surface area contributed by atoms with Crippen molar-refractivity contribution in [3.63, 3.8) is 0 Å². The highest BCUT2D eigenvalue weighted by Gasteiger charge is 2.30. The van der Waals surface area contributed by atoms with Gasteiger partial charge in [0.2, 0.25) is 0 Å². The highest BCUT2D eigenvalue weighted by atomic mass is 28.3. The van der Waals surface area contributed by atoms with Gasteiger partial charge in [0.15, 0.2) is 0 Å². The van der Waals surface area contributed by atoms with E-state index < -0.39 is 16.9 Å². The van der Waals surface area contributed by atoms with Crippen molar-refractivity contribution in [1.82, 2.24) is 5.32 Å². The summed E-state index contributed by atoms with van der Waals surface area (Å²) in [4.78, 5) is 0. The fraction of sp³-hybridized carbons (Fsp3) is 0.455. The van der Waals surface area contributed by atoms with E-state index in [1.165, 1.54) is 18.4 Å². The number of nitrogens with one attached hydrogen (secondary N) is 1. The van der Waals surface area contributed by atoms with Gasteiger partial charge in [0.05, 0.1) is 8.07 Å². The Morgan fingerprint density at radius 2 is 1.72 bits per heavy atom. The Bertz CT molecular complexity index is 701. The van der Waals surface area contributed by atoms with E-state index in [4.69, 9.17) is 0 Å². The van der Waals surface area contributed by atoms with Gasteiger partial charge in [0.1, 0.15) is 0 Å². The van der Waals surface area contributed by atoms with Gasteiger partial charge in [-0.3, -0.25) is 0 Å². The lowest BCUT2D eigenvalue weighted by molar-refractivity contribution is 0.470. The topological polar surface area (TPSA) is 12.0 Å². The lowest BCUT2D eigenvalue weighted by Gasteiger charge is -2.35. The molecule has 2 aromatic carbocycles. The highest BCUT2D eigenvalue weighted by molar-refractivity contribution is 6.88. The van der Waals surface area contributed by atoms with Crippen LogP contribution in [0.2, 0.25) is 38.3 Å². The summed E-state index contributed by atoms with van der Waals surface area (Å²) in [5.74, 6) is 0. The second kappa shape index (κ2) is 7.60. The van der Waals surface area contributed by atoms with Crippen molar-refractivity contribution in [2.24, 2.45) is 0 Å². The second-order valence-electron chi connectivity index (χ2n) is 8.72. The van der Waals surface area contributed by atoms with Crippen LogP contribution in [0.1, 0.15) is 22.7 Å². The van der Waals surface area contributed by atoms with Gasteiger partial charge >= 0.3 is 0 Å². The van der Waals surface area contributed by atoms with E-state index in [2.05, 4.69) is 86.6 Å². The van der Waals surface area contributed by atoms with Gasteiger partial charge in [0.25, 0.3) is 0 Å². The lowest BCUT2D eigenvalue weighted by Crippen LogP contribution is -2.38. The predicted molar refractivity (Wildman–Crippen MR) is 115 cm³/mol. The molecule has 0 amide bonds. The van der Waals surface area contributed by atoms with Crippen LogP contribution in [0.4, 0.5) is 0 Å². The number of fused-ring (bicyclic) bond motifs is 1. The quantitative estimate of drug-likeness (QED) is 0.751. The molecule has 2 atom stereocenters. The SMILES string of the molecule is C[Si](C)C(Cc1ccc([Si](C)(C)C)cc1)C1NCCc2ccccc21. The molecule has 0 fully saturated rings. The second-order valence-corrected chi connectivity index (χ2v) is 16.7. The van der Waals surface area contributed by atoms with E-state index in [0.29, 0.717) is 6.04 Å². The molecule has 0 spiro atoms. The predicted octanol–water partition coefficient (Wildman–Crippen LogP) is 4.79. The summed E-state index contributed by atoms with van der Waals surface area (Å²) < 4.78 is 0. The first-order valence-corrected chi connectivity index (χ1v) is 15.6. The number of hydrogen-bond acceptors (Lipinski definition) is 1. The summed E-state index contributed by atoms with van der Waals surface area (Å²) >= 11 is 0. The molecule has 0 saturated heterocycles. The van der Waals surface area contributed by atoms with Gasteiger partial charge in [-0.25, -0.2) is 0 Å². The zero-order chi connectivity index (χ0) is 18.0. The first-order chi connectivity index (χ1) is 11.9. The molecule has 1 heterocycles. The van der Waals surface area contributed by atoms with Crippen molar-refractivity contribution in [1.29, 1.82) is 0 Å². The standard InChI is InChI=1S/C22H32NSi2/c1-24(2)21(16-17-10-12-19(13-11-17)25(3,4)5)22-20-9-7-6-8-18(20)14-15-23-22/h6-13,21-23H,14-16H2,1-5H3. The summed E-state index contributed by atoms with van der Waals surface area (Å²) in [5, 5.41) is 5.41. The average Bonchev–Trinajstić information content (AvgIpc) is 2.59. The summed E-state index contributed by atoms with van der Waals surface area (Å²) in [6.07, 6.45) is 2.36. The van der Waals surface area contributed by atoms with E-state index in [1.54, 1.807) is 16.3 Å². The van der Waals surface area contributed by atoms with Crippen LogP contribution in [0.5, 0.6) is 0 Å². The summed E-state index contributed by atoms with van der Waals surface area (Å²) in [6.45, 7) is 13.3. The van der Waals surface area contributed by atoms with Crippen LogP contribution >= 0.6 is 0 Å². The minimum atomic E-state index is -1.20. The van der Waals surface area contributed by atoms with Gasteiger partial charge in [-0.15, -0.1) is 0 Å². The Balaban J connectivity index is 1.83. The Labute approximate surface area is 156 Å². The van der Waals surface area contributed by atoms with Gasteiger partial charge in [-0.05, 0) is 41.6 Å². The van der Waals surface area contributed by atoms with Crippen LogP contribution in [0.3, 0.4) is 0 Å². The van der Waals surface area contributed by atoms with Crippen molar-refractivity contribution in [3.8, 4) is 0 Å². The van der Waals surface area contributed by atoms with Crippen LogP contribution in [0.15, 0.2) is 48.5 Å². The van der Waals surface area contributed by atoms with E-state index in [1.807, 2.05) is 0 Å². The maximum absolute atomic E-state index is 3.84. The molecule has 0 saturated carbocycles. The Hall–Kier alpha value is -1.17. The fourth-order valence-electron chi connectivity index (χ4n) is 3.95. The van der Waals surface area contributed by atoms with Crippen molar-refractivity contribution in [3.05, 3.63) is 65.2 Å². The summed E-state index contributed by atoms with van der Waals surface area (Å²) in [6, 6.07) is 19.1. The zero-order valence-corrected chi connectivity index (χ0v) is 18.4. The molecule has 0 aromatic heterocycles. The Morgan fingerprint density at radius 1 is 1.04 bits per heavy atom. The molecular weight excluding hydrogens is 334 g/mol. The Kier molecular flexibility index (Phi) is 5.66. The van der Waals surface area contributed by atoms with Crippen LogP contribution in [0, 0.1) is 0 Å². The molecule has 2 aromatic rings. The number of rotatable bonds is 5. The summed E-state index contributed by atoms with van der Waals surface area (Å²) in [5.41, 5.74) is 5.32. The first-order valence-electron chi connectivity index (χ1n) is 9.57. The molecule has 1 aliphatic heterocycles. The van der Waals surface area contributed by atoms with E-state index in [-0.39, 0.29) is 0 Å². The van der Waals surface area contributed by atoms with Gasteiger partial charge in [-0.2, -0.15) is 0 Å². The first kappa shape index (κ1) is 18.6. The third kappa shape index (κ3) is 4.33. The minimum absolute atomic E-state index is 0.403. The van der Waals surface area contributed by atoms with E-state index >= 15 is 0 Å². The fourth-order valence-corrected chi connectivity index (χ4v) is 6.72. The monoisotopic (exact) mass is 366 g/mol. The molecular formula is C22H32NSi2. The maximum Gasteiger partial charge on any atom is 0.0775 e. The minimum Gasteiger partial charge on any atom is -0.310 e. The van der Waals surface area contributed by atoms with Crippen molar-refractivity contribution in [2.45, 2.75) is 57.2 Å². The van der Waals surface area contributed by atoms with Crippen LogP contribution < -0.4 is 10.5 Å². The maximum atomic E-state index is 3.84. The molecule has 3 heteroatoms. The van der Waals surface area contributed by atoms with E-state index in [9.17, 15) is 0 Å². The number of benzene rings is 2. The van der Waals surface area contributed by atoms with Gasteiger partial charge in [0, 0.05) is 14.8 Å². The molecule has 133 valence electrons. The van der Waals surface area contributed by atoms with Gasteiger partial charge in [-0.1, -0.05) is 86.5 Å². The third-order valence-corrected chi connectivity index (χ3v) is 9.65. The normalized spacial score (nSPS) is 18.9. The molecule has 1 radical (unpaired) electrons. The lowest BCUT2D eigenvalue weighted by atomic mass is 9.90. The highest BCUT2D eigenvalue weighted by Crippen LogP contribution is 2.36. The molecule has 3 rings (SSSR count).